The van der Waals surface area contributed by atoms with Crippen LogP contribution < -0.4 is 0 Å². The highest BCUT2D eigenvalue weighted by Gasteiger charge is 2.29. The van der Waals surface area contributed by atoms with Crippen LogP contribution in [-0.2, 0) is 17.9 Å². The number of aromatic nitrogens is 1. The van der Waals surface area contributed by atoms with Gasteiger partial charge in [0.15, 0.2) is 0 Å². The molecule has 1 aliphatic carbocycles. The van der Waals surface area contributed by atoms with Crippen LogP contribution in [0.5, 0.6) is 0 Å². The highest BCUT2D eigenvalue weighted by molar-refractivity contribution is 9.10. The van der Waals surface area contributed by atoms with E-state index in [-0.39, 0.29) is 30.0 Å². The highest BCUT2D eigenvalue weighted by atomic mass is 79.9. The van der Waals surface area contributed by atoms with E-state index in [0.717, 1.165) is 42.4 Å². The van der Waals surface area contributed by atoms with Gasteiger partial charge in [-0.15, -0.1) is 0 Å². The van der Waals surface area contributed by atoms with Crippen molar-refractivity contribution in [3.05, 3.63) is 94.0 Å². The molecule has 196 valence electrons. The summed E-state index contributed by atoms with van der Waals surface area (Å²) < 4.78 is 17.0. The summed E-state index contributed by atoms with van der Waals surface area (Å²) in [6.45, 7) is 3.64. The van der Waals surface area contributed by atoms with Gasteiger partial charge in [0.05, 0.1) is 6.54 Å². The molecule has 1 aliphatic rings. The summed E-state index contributed by atoms with van der Waals surface area (Å²) in [4.78, 5) is 30.6. The van der Waals surface area contributed by atoms with Gasteiger partial charge in [-0.3, -0.25) is 9.59 Å². The SMILES string of the molecule is CCCN(CC(=O)N(Cc1cccn1Cc1ccc(Br)cc1)C1CCCCC1)C(=O)c1cccc(F)c1. The molecule has 2 amide bonds. The average Bonchev–Trinajstić information content (AvgIpc) is 3.34. The topological polar surface area (TPSA) is 45.6 Å². The Bertz CT molecular complexity index is 1190. The molecule has 1 aromatic heterocycles. The minimum Gasteiger partial charge on any atom is -0.345 e. The van der Waals surface area contributed by atoms with Crippen LogP contribution in [0.15, 0.2) is 71.3 Å². The molecule has 7 heteroatoms. The maximum atomic E-state index is 13.8. The Kier molecular flexibility index (Phi) is 9.56. The third-order valence-electron chi connectivity index (χ3n) is 7.04. The van der Waals surface area contributed by atoms with Crippen molar-refractivity contribution in [2.75, 3.05) is 13.1 Å². The molecule has 0 N–H and O–H groups in total. The standard InChI is InChI=1S/C30H35BrFN3O2/c1-2-17-34(30(37)24-8-6-9-26(32)19-24)22-29(36)35(27-10-4-3-5-11-27)21-28-12-7-18-33(28)20-23-13-15-25(31)16-14-23/h6-9,12-16,18-19,27H,2-5,10-11,17,20-22H2,1H3. The van der Waals surface area contributed by atoms with Gasteiger partial charge in [0, 0.05) is 41.1 Å². The zero-order chi connectivity index (χ0) is 26.2. The highest BCUT2D eigenvalue weighted by Crippen LogP contribution is 2.25. The molecule has 0 saturated heterocycles. The Morgan fingerprint density at radius 2 is 1.78 bits per heavy atom. The maximum Gasteiger partial charge on any atom is 0.254 e. The Labute approximate surface area is 227 Å². The summed E-state index contributed by atoms with van der Waals surface area (Å²) in [7, 11) is 0. The normalized spacial score (nSPS) is 13.9. The number of carbonyl (C=O) groups excluding carboxylic acids is 2. The first-order chi connectivity index (χ1) is 17.9. The van der Waals surface area contributed by atoms with Crippen molar-refractivity contribution in [1.29, 1.82) is 0 Å². The molecular formula is C30H35BrFN3O2. The minimum atomic E-state index is -0.455. The first kappa shape index (κ1) is 27.1. The van der Waals surface area contributed by atoms with Crippen LogP contribution in [0.1, 0.15) is 67.1 Å². The number of nitrogens with zero attached hydrogens (tertiary/aromatic N) is 3. The molecule has 1 fully saturated rings. The summed E-state index contributed by atoms with van der Waals surface area (Å²) in [5.74, 6) is -0.817. The lowest BCUT2D eigenvalue weighted by Gasteiger charge is -2.36. The second-order valence-corrected chi connectivity index (χ2v) is 10.7. The molecule has 3 aromatic rings. The summed E-state index contributed by atoms with van der Waals surface area (Å²) in [6, 6.07) is 18.2. The van der Waals surface area contributed by atoms with Gasteiger partial charge in [0.2, 0.25) is 5.91 Å². The monoisotopic (exact) mass is 567 g/mol. The Balaban J connectivity index is 1.54. The fourth-order valence-electron chi connectivity index (χ4n) is 5.10. The van der Waals surface area contributed by atoms with Crippen LogP contribution in [0.25, 0.3) is 0 Å². The van der Waals surface area contributed by atoms with Gasteiger partial charge in [-0.25, -0.2) is 4.39 Å². The van der Waals surface area contributed by atoms with Crippen LogP contribution in [-0.4, -0.2) is 45.3 Å². The quantitative estimate of drug-likeness (QED) is 0.275. The predicted molar refractivity (Wildman–Crippen MR) is 148 cm³/mol. The largest absolute Gasteiger partial charge is 0.345 e. The lowest BCUT2D eigenvalue weighted by molar-refractivity contribution is -0.135. The molecule has 1 saturated carbocycles. The first-order valence-corrected chi connectivity index (χ1v) is 14.0. The molecule has 37 heavy (non-hydrogen) atoms. The number of hydrogen-bond acceptors (Lipinski definition) is 2. The third-order valence-corrected chi connectivity index (χ3v) is 7.56. The van der Waals surface area contributed by atoms with Crippen molar-refractivity contribution >= 4 is 27.7 Å². The molecule has 4 rings (SSSR count). The summed E-state index contributed by atoms with van der Waals surface area (Å²) >= 11 is 3.49. The zero-order valence-electron chi connectivity index (χ0n) is 21.4. The van der Waals surface area contributed by atoms with Crippen molar-refractivity contribution in [2.24, 2.45) is 0 Å². The lowest BCUT2D eigenvalue weighted by atomic mass is 9.94. The molecule has 0 radical (unpaired) electrons. The van der Waals surface area contributed by atoms with Crippen LogP contribution in [0, 0.1) is 5.82 Å². The van der Waals surface area contributed by atoms with Gasteiger partial charge in [-0.1, -0.05) is 60.3 Å². The summed E-state index contributed by atoms with van der Waals surface area (Å²) in [5.41, 5.74) is 2.53. The molecule has 1 heterocycles. The second kappa shape index (κ2) is 13.0. The Morgan fingerprint density at radius 1 is 1.03 bits per heavy atom. The second-order valence-electron chi connectivity index (χ2n) is 9.80. The van der Waals surface area contributed by atoms with Gasteiger partial charge in [-0.05, 0) is 67.3 Å². The van der Waals surface area contributed by atoms with Crippen molar-refractivity contribution in [2.45, 2.75) is 64.6 Å². The molecular weight excluding hydrogens is 533 g/mol. The predicted octanol–water partition coefficient (Wildman–Crippen LogP) is 6.65. The Hall–Kier alpha value is -2.93. The van der Waals surface area contributed by atoms with E-state index in [1.54, 1.807) is 11.0 Å². The molecule has 0 atom stereocenters. The number of carbonyl (C=O) groups is 2. The lowest BCUT2D eigenvalue weighted by Crippen LogP contribution is -2.47. The zero-order valence-corrected chi connectivity index (χ0v) is 23.0. The van der Waals surface area contributed by atoms with Crippen molar-refractivity contribution in [1.82, 2.24) is 14.4 Å². The average molecular weight is 569 g/mol. The van der Waals surface area contributed by atoms with E-state index in [4.69, 9.17) is 0 Å². The van der Waals surface area contributed by atoms with Gasteiger partial charge in [0.25, 0.3) is 5.91 Å². The van der Waals surface area contributed by atoms with E-state index in [1.165, 1.54) is 30.2 Å². The van der Waals surface area contributed by atoms with E-state index in [1.807, 2.05) is 30.0 Å². The van der Waals surface area contributed by atoms with Gasteiger partial charge in [-0.2, -0.15) is 0 Å². The van der Waals surface area contributed by atoms with Crippen LogP contribution >= 0.6 is 15.9 Å². The van der Waals surface area contributed by atoms with E-state index in [0.29, 0.717) is 19.5 Å². The van der Waals surface area contributed by atoms with E-state index >= 15 is 0 Å². The van der Waals surface area contributed by atoms with E-state index < -0.39 is 5.82 Å². The van der Waals surface area contributed by atoms with Crippen LogP contribution in [0.2, 0.25) is 0 Å². The van der Waals surface area contributed by atoms with Crippen LogP contribution in [0.4, 0.5) is 4.39 Å². The molecule has 0 spiro atoms. The molecule has 0 unspecified atom stereocenters. The van der Waals surface area contributed by atoms with Crippen molar-refractivity contribution in [3.8, 4) is 0 Å². The fraction of sp³-hybridized carbons (Fsp3) is 0.400. The number of halogens is 2. The molecule has 5 nitrogen and oxygen atoms in total. The first-order valence-electron chi connectivity index (χ1n) is 13.2. The molecule has 0 aliphatic heterocycles. The number of amides is 2. The van der Waals surface area contributed by atoms with Gasteiger partial charge in [0.1, 0.15) is 12.4 Å². The van der Waals surface area contributed by atoms with Crippen molar-refractivity contribution < 1.29 is 14.0 Å². The van der Waals surface area contributed by atoms with Gasteiger partial charge >= 0.3 is 0 Å². The molecule has 2 aromatic carbocycles. The van der Waals surface area contributed by atoms with Crippen LogP contribution in [0.3, 0.4) is 0 Å². The number of benzene rings is 2. The smallest absolute Gasteiger partial charge is 0.254 e. The van der Waals surface area contributed by atoms with Gasteiger partial charge < -0.3 is 14.4 Å². The maximum absolute atomic E-state index is 13.8. The fourth-order valence-corrected chi connectivity index (χ4v) is 5.37. The minimum absolute atomic E-state index is 0.00684. The number of rotatable bonds is 10. The summed E-state index contributed by atoms with van der Waals surface area (Å²) in [5, 5.41) is 0. The number of hydrogen-bond donors (Lipinski definition) is 0. The third kappa shape index (κ3) is 7.31. The van der Waals surface area contributed by atoms with Crippen molar-refractivity contribution in [3.63, 3.8) is 0 Å². The van der Waals surface area contributed by atoms with E-state index in [9.17, 15) is 14.0 Å². The van der Waals surface area contributed by atoms with E-state index in [2.05, 4.69) is 44.9 Å². The summed E-state index contributed by atoms with van der Waals surface area (Å²) in [6.07, 6.45) is 8.13. The molecule has 0 bridgehead atoms. The Morgan fingerprint density at radius 3 is 2.49 bits per heavy atom.